The summed E-state index contributed by atoms with van der Waals surface area (Å²) in [6.45, 7) is 0.481. The Morgan fingerprint density at radius 1 is 1.47 bits per heavy atom. The van der Waals surface area contributed by atoms with Gasteiger partial charge in [0.15, 0.2) is 0 Å². The molecule has 0 aliphatic heterocycles. The van der Waals surface area contributed by atoms with Gasteiger partial charge in [-0.3, -0.25) is 0 Å². The number of methoxy groups -OCH3 is 1. The molecule has 0 aliphatic rings. The van der Waals surface area contributed by atoms with Crippen molar-refractivity contribution in [3.8, 4) is 0 Å². The first-order chi connectivity index (χ1) is 8.20. The predicted molar refractivity (Wildman–Crippen MR) is 67.0 cm³/mol. The van der Waals surface area contributed by atoms with Gasteiger partial charge in [-0.15, -0.1) is 11.3 Å². The predicted octanol–water partition coefficient (Wildman–Crippen LogP) is 3.67. The van der Waals surface area contributed by atoms with Crippen LogP contribution >= 0.6 is 22.9 Å². The first-order valence-electron chi connectivity index (χ1n) is 5.06. The maximum atomic E-state index is 13.7. The van der Waals surface area contributed by atoms with Gasteiger partial charge in [-0.05, 0) is 11.6 Å². The van der Waals surface area contributed by atoms with Gasteiger partial charge in [0.25, 0.3) is 0 Å². The van der Waals surface area contributed by atoms with Crippen LogP contribution in [0.5, 0.6) is 0 Å². The largest absolute Gasteiger partial charge is 0.378 e. The molecular formula is C12H11ClFNOS. The summed E-state index contributed by atoms with van der Waals surface area (Å²) in [4.78, 5) is 4.35. The second-order valence-electron chi connectivity index (χ2n) is 3.56. The molecule has 0 aliphatic carbocycles. The zero-order valence-electron chi connectivity index (χ0n) is 9.24. The monoisotopic (exact) mass is 271 g/mol. The molecule has 0 saturated carbocycles. The minimum atomic E-state index is -0.363. The van der Waals surface area contributed by atoms with Crippen molar-refractivity contribution in [1.82, 2.24) is 4.98 Å². The normalized spacial score (nSPS) is 10.8. The van der Waals surface area contributed by atoms with Crippen LogP contribution in [0, 0.1) is 5.82 Å². The minimum absolute atomic E-state index is 0.149. The third-order valence-electron chi connectivity index (χ3n) is 2.26. The molecule has 1 heterocycles. The van der Waals surface area contributed by atoms with E-state index in [2.05, 4.69) is 4.98 Å². The molecule has 0 spiro atoms. The second kappa shape index (κ2) is 5.58. The highest BCUT2D eigenvalue weighted by atomic mass is 35.5. The molecule has 1 aromatic carbocycles. The Morgan fingerprint density at radius 3 is 3.06 bits per heavy atom. The molecule has 0 saturated heterocycles. The van der Waals surface area contributed by atoms with Gasteiger partial charge in [-0.2, -0.15) is 0 Å². The summed E-state index contributed by atoms with van der Waals surface area (Å²) in [7, 11) is 1.62. The summed E-state index contributed by atoms with van der Waals surface area (Å²) >= 11 is 7.22. The average Bonchev–Trinajstić information content (AvgIpc) is 2.73. The van der Waals surface area contributed by atoms with Crippen LogP contribution in [-0.2, 0) is 17.8 Å². The van der Waals surface area contributed by atoms with Gasteiger partial charge in [-0.25, -0.2) is 9.37 Å². The van der Waals surface area contributed by atoms with E-state index in [1.807, 2.05) is 5.38 Å². The Bertz CT molecular complexity index is 515. The van der Waals surface area contributed by atoms with Crippen LogP contribution in [0.1, 0.15) is 16.3 Å². The van der Waals surface area contributed by atoms with E-state index in [4.69, 9.17) is 16.3 Å². The lowest BCUT2D eigenvalue weighted by Gasteiger charge is -2.01. The molecule has 1 aromatic heterocycles. The molecule has 0 fully saturated rings. The van der Waals surface area contributed by atoms with Crippen LogP contribution < -0.4 is 0 Å². The number of benzene rings is 1. The number of nitrogens with zero attached hydrogens (tertiary/aromatic N) is 1. The summed E-state index contributed by atoms with van der Waals surface area (Å²) in [5.41, 5.74) is 1.44. The van der Waals surface area contributed by atoms with Crippen molar-refractivity contribution in [3.05, 3.63) is 50.7 Å². The summed E-state index contributed by atoms with van der Waals surface area (Å²) in [5.74, 6) is -0.363. The highest BCUT2D eigenvalue weighted by Gasteiger charge is 2.09. The quantitative estimate of drug-likeness (QED) is 0.846. The van der Waals surface area contributed by atoms with Gasteiger partial charge in [0.1, 0.15) is 5.82 Å². The third-order valence-corrected chi connectivity index (χ3v) is 3.45. The number of ether oxygens (including phenoxy) is 1. The Morgan fingerprint density at radius 2 is 2.29 bits per heavy atom. The molecule has 5 heteroatoms. The highest BCUT2D eigenvalue weighted by molar-refractivity contribution is 7.09. The standard InChI is InChI=1S/C12H11ClFNOS/c1-16-6-9-7-17-11(15-9)5-8-3-2-4-10(13)12(8)14/h2-4,7H,5-6H2,1H3. The van der Waals surface area contributed by atoms with Crippen molar-refractivity contribution >= 4 is 22.9 Å². The zero-order valence-corrected chi connectivity index (χ0v) is 10.8. The van der Waals surface area contributed by atoms with E-state index in [0.29, 0.717) is 18.6 Å². The van der Waals surface area contributed by atoms with E-state index >= 15 is 0 Å². The minimum Gasteiger partial charge on any atom is -0.378 e. The first kappa shape index (κ1) is 12.5. The van der Waals surface area contributed by atoms with Gasteiger partial charge in [0.05, 0.1) is 22.3 Å². The van der Waals surface area contributed by atoms with Crippen molar-refractivity contribution in [3.63, 3.8) is 0 Å². The highest BCUT2D eigenvalue weighted by Crippen LogP contribution is 2.22. The van der Waals surface area contributed by atoms with Crippen LogP contribution in [0.15, 0.2) is 23.6 Å². The molecule has 2 aromatic rings. The van der Waals surface area contributed by atoms with E-state index < -0.39 is 0 Å². The molecular weight excluding hydrogens is 261 g/mol. The number of halogens is 2. The average molecular weight is 272 g/mol. The Hall–Kier alpha value is -0.970. The van der Waals surface area contributed by atoms with Crippen molar-refractivity contribution in [1.29, 1.82) is 0 Å². The van der Waals surface area contributed by atoms with Crippen molar-refractivity contribution in [2.75, 3.05) is 7.11 Å². The van der Waals surface area contributed by atoms with Crippen LogP contribution in [0.2, 0.25) is 5.02 Å². The van der Waals surface area contributed by atoms with E-state index in [1.54, 1.807) is 25.3 Å². The third kappa shape index (κ3) is 3.03. The number of rotatable bonds is 4. The fourth-order valence-corrected chi connectivity index (χ4v) is 2.49. The molecule has 17 heavy (non-hydrogen) atoms. The summed E-state index contributed by atoms with van der Waals surface area (Å²) in [6, 6.07) is 5.00. The van der Waals surface area contributed by atoms with Crippen molar-refractivity contribution in [2.24, 2.45) is 0 Å². The number of thiazole rings is 1. The van der Waals surface area contributed by atoms with E-state index in [9.17, 15) is 4.39 Å². The molecule has 0 radical (unpaired) electrons. The molecule has 0 atom stereocenters. The topological polar surface area (TPSA) is 22.1 Å². The van der Waals surface area contributed by atoms with Gasteiger partial charge >= 0.3 is 0 Å². The Kier molecular flexibility index (Phi) is 4.10. The second-order valence-corrected chi connectivity index (χ2v) is 4.91. The lowest BCUT2D eigenvalue weighted by atomic mass is 10.1. The zero-order chi connectivity index (χ0) is 12.3. The lowest BCUT2D eigenvalue weighted by Crippen LogP contribution is -1.94. The van der Waals surface area contributed by atoms with Crippen LogP contribution in [0.3, 0.4) is 0 Å². The van der Waals surface area contributed by atoms with Crippen LogP contribution in [-0.4, -0.2) is 12.1 Å². The van der Waals surface area contributed by atoms with Crippen molar-refractivity contribution < 1.29 is 9.13 Å². The van der Waals surface area contributed by atoms with Gasteiger partial charge in [0, 0.05) is 18.9 Å². The molecule has 0 bridgehead atoms. The molecule has 0 N–H and O–H groups in total. The summed E-state index contributed by atoms with van der Waals surface area (Å²) < 4.78 is 18.6. The van der Waals surface area contributed by atoms with E-state index in [-0.39, 0.29) is 10.8 Å². The fourth-order valence-electron chi connectivity index (χ4n) is 1.49. The maximum absolute atomic E-state index is 13.7. The fraction of sp³-hybridized carbons (Fsp3) is 0.250. The molecule has 90 valence electrons. The number of hydrogen-bond donors (Lipinski definition) is 0. The molecule has 2 rings (SSSR count). The Labute approximate surface area is 108 Å². The van der Waals surface area contributed by atoms with Crippen LogP contribution in [0.25, 0.3) is 0 Å². The van der Waals surface area contributed by atoms with Crippen LogP contribution in [0.4, 0.5) is 4.39 Å². The van der Waals surface area contributed by atoms with Gasteiger partial charge in [0.2, 0.25) is 0 Å². The van der Waals surface area contributed by atoms with Crippen molar-refractivity contribution in [2.45, 2.75) is 13.0 Å². The summed E-state index contributed by atoms with van der Waals surface area (Å²) in [5, 5.41) is 2.93. The Balaban J connectivity index is 2.16. The smallest absolute Gasteiger partial charge is 0.145 e. The maximum Gasteiger partial charge on any atom is 0.145 e. The number of hydrogen-bond acceptors (Lipinski definition) is 3. The van der Waals surface area contributed by atoms with E-state index in [0.717, 1.165) is 10.7 Å². The molecule has 2 nitrogen and oxygen atoms in total. The van der Waals surface area contributed by atoms with Gasteiger partial charge < -0.3 is 4.74 Å². The number of aromatic nitrogens is 1. The van der Waals surface area contributed by atoms with E-state index in [1.165, 1.54) is 11.3 Å². The molecule has 0 unspecified atom stereocenters. The lowest BCUT2D eigenvalue weighted by molar-refractivity contribution is 0.182. The summed E-state index contributed by atoms with van der Waals surface area (Å²) in [6.07, 6.45) is 0.459. The molecule has 0 amide bonds. The first-order valence-corrected chi connectivity index (χ1v) is 6.31. The SMILES string of the molecule is COCc1csc(Cc2cccc(Cl)c2F)n1. The van der Waals surface area contributed by atoms with Gasteiger partial charge in [-0.1, -0.05) is 23.7 Å².